The van der Waals surface area contributed by atoms with E-state index in [0.29, 0.717) is 12.6 Å². The summed E-state index contributed by atoms with van der Waals surface area (Å²) in [5.41, 5.74) is 5.82. The molecule has 0 bridgehead atoms. The van der Waals surface area contributed by atoms with Gasteiger partial charge in [-0.05, 0) is 37.6 Å². The number of rotatable bonds is 4. The second-order valence-electron chi connectivity index (χ2n) is 6.07. The molecule has 3 atom stereocenters. The van der Waals surface area contributed by atoms with Crippen molar-refractivity contribution in [2.24, 2.45) is 23.0 Å². The molecule has 1 aliphatic rings. The average Bonchev–Trinajstić information content (AvgIpc) is 2.20. The Balaban J connectivity index is 2.28. The van der Waals surface area contributed by atoms with Crippen LogP contribution >= 0.6 is 0 Å². The first kappa shape index (κ1) is 13.0. The van der Waals surface area contributed by atoms with Gasteiger partial charge in [-0.25, -0.2) is 0 Å². The summed E-state index contributed by atoms with van der Waals surface area (Å²) in [7, 11) is 0. The van der Waals surface area contributed by atoms with Gasteiger partial charge in [0.05, 0.1) is 12.7 Å². The van der Waals surface area contributed by atoms with E-state index in [1.807, 2.05) is 0 Å². The molecule has 0 heterocycles. The molecule has 2 nitrogen and oxygen atoms in total. The molecule has 0 saturated heterocycles. The zero-order valence-electron chi connectivity index (χ0n) is 10.8. The highest BCUT2D eigenvalue weighted by molar-refractivity contribution is 4.77. The topological polar surface area (TPSA) is 35.2 Å². The minimum absolute atomic E-state index is 0.131. The number of ether oxygens (including phenoxy) is 1. The van der Waals surface area contributed by atoms with Crippen molar-refractivity contribution in [1.29, 1.82) is 0 Å². The molecule has 2 N–H and O–H groups in total. The summed E-state index contributed by atoms with van der Waals surface area (Å²) in [6, 6.07) is 0. The molecule has 1 saturated carbocycles. The van der Waals surface area contributed by atoms with Crippen molar-refractivity contribution >= 4 is 0 Å². The van der Waals surface area contributed by atoms with Crippen molar-refractivity contribution in [3.63, 3.8) is 0 Å². The molecule has 0 aromatic rings. The maximum Gasteiger partial charge on any atom is 0.0578 e. The van der Waals surface area contributed by atoms with Crippen molar-refractivity contribution in [1.82, 2.24) is 0 Å². The van der Waals surface area contributed by atoms with Gasteiger partial charge in [-0.2, -0.15) is 0 Å². The van der Waals surface area contributed by atoms with E-state index in [2.05, 4.69) is 27.7 Å². The van der Waals surface area contributed by atoms with Gasteiger partial charge in [-0.3, -0.25) is 0 Å². The Kier molecular flexibility index (Phi) is 4.60. The Morgan fingerprint density at radius 3 is 2.40 bits per heavy atom. The lowest BCUT2D eigenvalue weighted by atomic mass is 9.80. The third-order valence-electron chi connectivity index (χ3n) is 3.81. The van der Waals surface area contributed by atoms with Gasteiger partial charge in [0, 0.05) is 5.41 Å². The fraction of sp³-hybridized carbons (Fsp3) is 1.00. The molecule has 0 amide bonds. The highest BCUT2D eigenvalue weighted by Crippen LogP contribution is 2.31. The molecule has 90 valence electrons. The number of hydrogen-bond acceptors (Lipinski definition) is 2. The Labute approximate surface area is 94.6 Å². The smallest absolute Gasteiger partial charge is 0.0578 e. The molecule has 0 aromatic carbocycles. The van der Waals surface area contributed by atoms with Gasteiger partial charge >= 0.3 is 0 Å². The van der Waals surface area contributed by atoms with Gasteiger partial charge < -0.3 is 10.5 Å². The van der Waals surface area contributed by atoms with Crippen LogP contribution in [0, 0.1) is 17.3 Å². The highest BCUT2D eigenvalue weighted by atomic mass is 16.5. The van der Waals surface area contributed by atoms with E-state index in [-0.39, 0.29) is 5.41 Å². The predicted octanol–water partition coefficient (Wildman–Crippen LogP) is 2.81. The zero-order chi connectivity index (χ0) is 11.5. The SMILES string of the molecule is CC1CCC(OCC(C)(C)CN)CC1C. The van der Waals surface area contributed by atoms with E-state index in [0.717, 1.165) is 18.4 Å². The molecule has 0 aromatic heterocycles. The van der Waals surface area contributed by atoms with Crippen LogP contribution in [0.15, 0.2) is 0 Å². The summed E-state index contributed by atoms with van der Waals surface area (Å²) in [4.78, 5) is 0. The summed E-state index contributed by atoms with van der Waals surface area (Å²) < 4.78 is 5.98. The molecule has 0 aliphatic heterocycles. The van der Waals surface area contributed by atoms with Crippen molar-refractivity contribution in [2.45, 2.75) is 53.1 Å². The van der Waals surface area contributed by atoms with Gasteiger partial charge in [0.15, 0.2) is 0 Å². The second kappa shape index (κ2) is 5.31. The molecule has 0 spiro atoms. The summed E-state index contributed by atoms with van der Waals surface area (Å²) in [5, 5.41) is 0. The number of nitrogens with two attached hydrogens (primary N) is 1. The first-order valence-corrected chi connectivity index (χ1v) is 6.26. The fourth-order valence-electron chi connectivity index (χ4n) is 2.05. The standard InChI is InChI=1S/C13H27NO/c1-10-5-6-12(7-11(10)2)15-9-13(3,4)8-14/h10-12H,5-9,14H2,1-4H3. The van der Waals surface area contributed by atoms with E-state index in [9.17, 15) is 0 Å². The van der Waals surface area contributed by atoms with E-state index in [4.69, 9.17) is 10.5 Å². The Hall–Kier alpha value is -0.0800. The first-order chi connectivity index (χ1) is 6.94. The molecule has 2 heteroatoms. The Morgan fingerprint density at radius 1 is 1.20 bits per heavy atom. The molecular weight excluding hydrogens is 186 g/mol. The quantitative estimate of drug-likeness (QED) is 0.779. The van der Waals surface area contributed by atoms with Crippen molar-refractivity contribution in [3.05, 3.63) is 0 Å². The lowest BCUT2D eigenvalue weighted by Gasteiger charge is -2.34. The monoisotopic (exact) mass is 213 g/mol. The molecular formula is C13H27NO. The molecule has 1 rings (SSSR count). The van der Waals surface area contributed by atoms with Crippen LogP contribution in [-0.4, -0.2) is 19.3 Å². The molecule has 3 unspecified atom stereocenters. The minimum Gasteiger partial charge on any atom is -0.378 e. The third-order valence-corrected chi connectivity index (χ3v) is 3.81. The largest absolute Gasteiger partial charge is 0.378 e. The van der Waals surface area contributed by atoms with E-state index in [1.165, 1.54) is 19.3 Å². The lowest BCUT2D eigenvalue weighted by molar-refractivity contribution is -0.0305. The van der Waals surface area contributed by atoms with Crippen LogP contribution < -0.4 is 5.73 Å². The van der Waals surface area contributed by atoms with Gasteiger partial charge in [0.1, 0.15) is 0 Å². The van der Waals surface area contributed by atoms with Crippen LogP contribution in [0.4, 0.5) is 0 Å². The van der Waals surface area contributed by atoms with E-state index in [1.54, 1.807) is 0 Å². The van der Waals surface area contributed by atoms with Crippen molar-refractivity contribution in [2.75, 3.05) is 13.2 Å². The lowest BCUT2D eigenvalue weighted by Crippen LogP contribution is -2.34. The number of hydrogen-bond donors (Lipinski definition) is 1. The summed E-state index contributed by atoms with van der Waals surface area (Å²) in [5.74, 6) is 1.68. The van der Waals surface area contributed by atoms with E-state index < -0.39 is 0 Å². The van der Waals surface area contributed by atoms with Gasteiger partial charge in [0.2, 0.25) is 0 Å². The van der Waals surface area contributed by atoms with Crippen LogP contribution in [-0.2, 0) is 4.74 Å². The molecule has 1 fully saturated rings. The van der Waals surface area contributed by atoms with Gasteiger partial charge in [0.25, 0.3) is 0 Å². The molecule has 0 radical (unpaired) electrons. The fourth-order valence-corrected chi connectivity index (χ4v) is 2.05. The normalized spacial score (nSPS) is 33.0. The Bertz CT molecular complexity index is 191. The van der Waals surface area contributed by atoms with Gasteiger partial charge in [-0.15, -0.1) is 0 Å². The van der Waals surface area contributed by atoms with Crippen LogP contribution in [0.25, 0.3) is 0 Å². The van der Waals surface area contributed by atoms with E-state index >= 15 is 0 Å². The average molecular weight is 213 g/mol. The summed E-state index contributed by atoms with van der Waals surface area (Å²) >= 11 is 0. The third kappa shape index (κ3) is 4.12. The maximum atomic E-state index is 5.98. The van der Waals surface area contributed by atoms with Crippen molar-refractivity contribution < 1.29 is 4.74 Å². The van der Waals surface area contributed by atoms with Crippen LogP contribution in [0.3, 0.4) is 0 Å². The van der Waals surface area contributed by atoms with Crippen LogP contribution in [0.5, 0.6) is 0 Å². The van der Waals surface area contributed by atoms with Gasteiger partial charge in [-0.1, -0.05) is 27.7 Å². The molecule has 1 aliphatic carbocycles. The zero-order valence-corrected chi connectivity index (χ0v) is 10.8. The maximum absolute atomic E-state index is 5.98. The highest BCUT2D eigenvalue weighted by Gasteiger charge is 2.26. The predicted molar refractivity (Wildman–Crippen MR) is 64.8 cm³/mol. The van der Waals surface area contributed by atoms with Crippen LogP contribution in [0.1, 0.15) is 47.0 Å². The van der Waals surface area contributed by atoms with Crippen molar-refractivity contribution in [3.8, 4) is 0 Å². The first-order valence-electron chi connectivity index (χ1n) is 6.26. The Morgan fingerprint density at radius 2 is 1.87 bits per heavy atom. The minimum atomic E-state index is 0.131. The second-order valence-corrected chi connectivity index (χ2v) is 6.07. The van der Waals surface area contributed by atoms with Crippen LogP contribution in [0.2, 0.25) is 0 Å². The summed E-state index contributed by atoms with van der Waals surface area (Å²) in [6.07, 6.45) is 4.24. The molecule has 15 heavy (non-hydrogen) atoms. The summed E-state index contributed by atoms with van der Waals surface area (Å²) in [6.45, 7) is 10.5.